The van der Waals surface area contributed by atoms with Crippen LogP contribution < -0.4 is 5.32 Å². The Bertz CT molecular complexity index is 604. The second-order valence-corrected chi connectivity index (χ2v) is 7.16. The van der Waals surface area contributed by atoms with E-state index in [1.165, 1.54) is 0 Å². The highest BCUT2D eigenvalue weighted by Gasteiger charge is 2.48. The number of hydrogen-bond donors (Lipinski definition) is 1. The molecule has 1 aromatic rings. The maximum Gasteiger partial charge on any atom is 0.254 e. The topological polar surface area (TPSA) is 52.7 Å². The minimum Gasteiger partial charge on any atom is -0.340 e. The van der Waals surface area contributed by atoms with E-state index in [4.69, 9.17) is 0 Å². The SMILES string of the molecule is CNCC1CCN(C(=O)C2(C)CCCN2C(=O)c2ccccc2)C1. The summed E-state index contributed by atoms with van der Waals surface area (Å²) >= 11 is 0. The Kier molecular flexibility index (Phi) is 4.90. The van der Waals surface area contributed by atoms with Crippen LogP contribution in [0.25, 0.3) is 0 Å². The summed E-state index contributed by atoms with van der Waals surface area (Å²) in [7, 11) is 1.95. The third-order valence-electron chi connectivity index (χ3n) is 5.43. The molecule has 24 heavy (non-hydrogen) atoms. The summed E-state index contributed by atoms with van der Waals surface area (Å²) in [6, 6.07) is 9.28. The maximum atomic E-state index is 13.2. The van der Waals surface area contributed by atoms with Gasteiger partial charge in [-0.3, -0.25) is 9.59 Å². The molecule has 2 unspecified atom stereocenters. The van der Waals surface area contributed by atoms with Crippen molar-refractivity contribution in [1.82, 2.24) is 15.1 Å². The zero-order valence-electron chi connectivity index (χ0n) is 14.6. The number of hydrogen-bond acceptors (Lipinski definition) is 3. The van der Waals surface area contributed by atoms with Gasteiger partial charge in [0, 0.05) is 25.2 Å². The third kappa shape index (κ3) is 3.05. The molecule has 2 heterocycles. The van der Waals surface area contributed by atoms with Crippen LogP contribution in [0.15, 0.2) is 30.3 Å². The first-order valence-electron chi connectivity index (χ1n) is 8.87. The van der Waals surface area contributed by atoms with Crippen molar-refractivity contribution < 1.29 is 9.59 Å². The van der Waals surface area contributed by atoms with Crippen LogP contribution in [0.5, 0.6) is 0 Å². The first kappa shape index (κ1) is 17.0. The van der Waals surface area contributed by atoms with E-state index in [-0.39, 0.29) is 11.8 Å². The fourth-order valence-corrected chi connectivity index (χ4v) is 4.06. The van der Waals surface area contributed by atoms with Crippen LogP contribution in [0.3, 0.4) is 0 Å². The molecule has 0 radical (unpaired) electrons. The average molecular weight is 329 g/mol. The van der Waals surface area contributed by atoms with Crippen LogP contribution in [0, 0.1) is 5.92 Å². The second kappa shape index (κ2) is 6.93. The van der Waals surface area contributed by atoms with E-state index >= 15 is 0 Å². The number of carbonyl (C=O) groups is 2. The molecule has 0 saturated carbocycles. The Morgan fingerprint density at radius 1 is 1.25 bits per heavy atom. The largest absolute Gasteiger partial charge is 0.340 e. The van der Waals surface area contributed by atoms with Gasteiger partial charge >= 0.3 is 0 Å². The van der Waals surface area contributed by atoms with Crippen molar-refractivity contribution in [2.24, 2.45) is 5.92 Å². The van der Waals surface area contributed by atoms with Crippen molar-refractivity contribution >= 4 is 11.8 Å². The number of likely N-dealkylation sites (tertiary alicyclic amines) is 2. The Labute approximate surface area is 144 Å². The smallest absolute Gasteiger partial charge is 0.254 e. The van der Waals surface area contributed by atoms with E-state index in [0.717, 1.165) is 38.9 Å². The molecule has 2 fully saturated rings. The van der Waals surface area contributed by atoms with Crippen molar-refractivity contribution in [2.45, 2.75) is 31.7 Å². The fraction of sp³-hybridized carbons (Fsp3) is 0.579. The van der Waals surface area contributed by atoms with Crippen LogP contribution in [-0.2, 0) is 4.79 Å². The lowest BCUT2D eigenvalue weighted by molar-refractivity contribution is -0.139. The van der Waals surface area contributed by atoms with E-state index in [1.54, 1.807) is 4.90 Å². The molecule has 2 aliphatic heterocycles. The van der Waals surface area contributed by atoms with Crippen LogP contribution in [0.1, 0.15) is 36.5 Å². The van der Waals surface area contributed by atoms with E-state index in [0.29, 0.717) is 18.0 Å². The van der Waals surface area contributed by atoms with Gasteiger partial charge in [-0.05, 0) is 57.8 Å². The van der Waals surface area contributed by atoms with E-state index in [9.17, 15) is 9.59 Å². The molecule has 2 atom stereocenters. The van der Waals surface area contributed by atoms with Crippen molar-refractivity contribution in [3.8, 4) is 0 Å². The summed E-state index contributed by atoms with van der Waals surface area (Å²) in [5.41, 5.74) is -0.0468. The van der Waals surface area contributed by atoms with Crippen molar-refractivity contribution in [3.05, 3.63) is 35.9 Å². The standard InChI is InChI=1S/C19H27N3O2/c1-19(18(24)21-12-9-15(14-21)13-20-2)10-6-11-22(19)17(23)16-7-4-3-5-8-16/h3-5,7-8,15,20H,6,9-14H2,1-2H3. The minimum atomic E-state index is -0.707. The summed E-state index contributed by atoms with van der Waals surface area (Å²) in [5.74, 6) is 0.597. The molecule has 0 bridgehead atoms. The summed E-state index contributed by atoms with van der Waals surface area (Å²) < 4.78 is 0. The number of amides is 2. The van der Waals surface area contributed by atoms with Crippen molar-refractivity contribution in [2.75, 3.05) is 33.2 Å². The zero-order valence-corrected chi connectivity index (χ0v) is 14.6. The van der Waals surface area contributed by atoms with Crippen LogP contribution in [-0.4, -0.2) is 60.4 Å². The Morgan fingerprint density at radius 2 is 2.00 bits per heavy atom. The number of nitrogens with one attached hydrogen (secondary N) is 1. The molecule has 0 aliphatic carbocycles. The predicted molar refractivity (Wildman–Crippen MR) is 93.7 cm³/mol. The van der Waals surface area contributed by atoms with Gasteiger partial charge < -0.3 is 15.1 Å². The van der Waals surface area contributed by atoms with Gasteiger partial charge in [-0.1, -0.05) is 18.2 Å². The van der Waals surface area contributed by atoms with E-state index < -0.39 is 5.54 Å². The van der Waals surface area contributed by atoms with Gasteiger partial charge in [-0.2, -0.15) is 0 Å². The molecule has 2 aliphatic rings. The molecule has 0 spiro atoms. The number of rotatable bonds is 4. The summed E-state index contributed by atoms with van der Waals surface area (Å²) in [6.07, 6.45) is 2.67. The molecule has 2 saturated heterocycles. The number of carbonyl (C=O) groups excluding carboxylic acids is 2. The van der Waals surface area contributed by atoms with Gasteiger partial charge in [0.05, 0.1) is 0 Å². The normalized spacial score (nSPS) is 26.8. The van der Waals surface area contributed by atoms with Gasteiger partial charge in [-0.15, -0.1) is 0 Å². The van der Waals surface area contributed by atoms with Gasteiger partial charge in [0.25, 0.3) is 5.91 Å². The number of nitrogens with zero attached hydrogens (tertiary/aromatic N) is 2. The minimum absolute atomic E-state index is 0.0325. The first-order chi connectivity index (χ1) is 11.6. The van der Waals surface area contributed by atoms with Gasteiger partial charge in [0.1, 0.15) is 5.54 Å². The predicted octanol–water partition coefficient (Wildman–Crippen LogP) is 1.75. The molecule has 5 heteroatoms. The van der Waals surface area contributed by atoms with Crippen molar-refractivity contribution in [3.63, 3.8) is 0 Å². The fourth-order valence-electron chi connectivity index (χ4n) is 4.06. The van der Waals surface area contributed by atoms with Gasteiger partial charge in [0.2, 0.25) is 5.91 Å². The van der Waals surface area contributed by atoms with E-state index in [1.807, 2.05) is 49.2 Å². The van der Waals surface area contributed by atoms with E-state index in [2.05, 4.69) is 5.32 Å². The van der Waals surface area contributed by atoms with Gasteiger partial charge in [-0.25, -0.2) is 0 Å². The highest BCUT2D eigenvalue weighted by atomic mass is 16.2. The molecule has 1 aromatic carbocycles. The highest BCUT2D eigenvalue weighted by Crippen LogP contribution is 2.34. The third-order valence-corrected chi connectivity index (χ3v) is 5.43. The molecule has 5 nitrogen and oxygen atoms in total. The molecule has 1 N–H and O–H groups in total. The Hall–Kier alpha value is -1.88. The quantitative estimate of drug-likeness (QED) is 0.916. The monoisotopic (exact) mass is 329 g/mol. The van der Waals surface area contributed by atoms with Crippen molar-refractivity contribution in [1.29, 1.82) is 0 Å². The second-order valence-electron chi connectivity index (χ2n) is 7.16. The maximum absolute atomic E-state index is 13.2. The van der Waals surface area contributed by atoms with Crippen LogP contribution >= 0.6 is 0 Å². The molecule has 2 amide bonds. The number of benzene rings is 1. The molecule has 130 valence electrons. The molecular formula is C19H27N3O2. The lowest BCUT2D eigenvalue weighted by atomic mass is 9.96. The Morgan fingerprint density at radius 3 is 2.71 bits per heavy atom. The van der Waals surface area contributed by atoms with Crippen LogP contribution in [0.2, 0.25) is 0 Å². The molecular weight excluding hydrogens is 302 g/mol. The molecule has 3 rings (SSSR count). The lowest BCUT2D eigenvalue weighted by Gasteiger charge is -2.37. The lowest BCUT2D eigenvalue weighted by Crippen LogP contribution is -2.56. The summed E-state index contributed by atoms with van der Waals surface area (Å²) in [5, 5.41) is 3.19. The summed E-state index contributed by atoms with van der Waals surface area (Å²) in [6.45, 7) is 5.13. The first-order valence-corrected chi connectivity index (χ1v) is 8.87. The van der Waals surface area contributed by atoms with Crippen LogP contribution in [0.4, 0.5) is 0 Å². The molecule has 0 aromatic heterocycles. The Balaban J connectivity index is 1.75. The average Bonchev–Trinajstić information content (AvgIpc) is 3.22. The highest BCUT2D eigenvalue weighted by molar-refractivity contribution is 5.99. The zero-order chi connectivity index (χ0) is 17.2. The van der Waals surface area contributed by atoms with Gasteiger partial charge in [0.15, 0.2) is 0 Å². The summed E-state index contributed by atoms with van der Waals surface area (Å²) in [4.78, 5) is 29.8.